The van der Waals surface area contributed by atoms with Crippen molar-refractivity contribution in [3.05, 3.63) is 59.7 Å². The summed E-state index contributed by atoms with van der Waals surface area (Å²) in [4.78, 5) is 0. The van der Waals surface area contributed by atoms with Crippen LogP contribution in [0.1, 0.15) is 11.1 Å². The number of ether oxygens (including phenoxy) is 1. The predicted molar refractivity (Wildman–Crippen MR) is 81.2 cm³/mol. The highest BCUT2D eigenvalue weighted by Crippen LogP contribution is 2.16. The maximum absolute atomic E-state index is 5.90. The molecule has 0 unspecified atom stereocenters. The van der Waals surface area contributed by atoms with Crippen molar-refractivity contribution in [3.63, 3.8) is 0 Å². The van der Waals surface area contributed by atoms with Crippen LogP contribution >= 0.6 is 0 Å². The first kappa shape index (κ1) is 14.6. The zero-order valence-electron chi connectivity index (χ0n) is 12.1. The predicted octanol–water partition coefficient (Wildman–Crippen LogP) is 3.44. The van der Waals surface area contributed by atoms with E-state index >= 15 is 0 Å². The second-order valence-corrected chi connectivity index (χ2v) is 6.08. The van der Waals surface area contributed by atoms with Crippen molar-refractivity contribution < 1.29 is 13.6 Å². The van der Waals surface area contributed by atoms with Gasteiger partial charge >= 0.3 is 9.28 Å². The number of hydrogen-bond donors (Lipinski definition) is 0. The van der Waals surface area contributed by atoms with E-state index in [0.29, 0.717) is 6.23 Å². The third kappa shape index (κ3) is 4.40. The van der Waals surface area contributed by atoms with Crippen LogP contribution in [0.3, 0.4) is 0 Å². The lowest BCUT2D eigenvalue weighted by Crippen LogP contribution is -2.35. The minimum atomic E-state index is -1.55. The molecule has 2 rings (SSSR count). The van der Waals surface area contributed by atoms with Gasteiger partial charge in [-0.25, -0.2) is 0 Å². The number of aryl methyl sites for hydroxylation is 2. The first-order chi connectivity index (χ1) is 9.67. The molecule has 3 nitrogen and oxygen atoms in total. The molecule has 2 aromatic carbocycles. The molecule has 0 aliphatic rings. The van der Waals surface area contributed by atoms with Gasteiger partial charge in [0.25, 0.3) is 0 Å². The lowest BCUT2D eigenvalue weighted by Gasteiger charge is -2.16. The van der Waals surface area contributed by atoms with E-state index in [9.17, 15) is 0 Å². The number of rotatable bonds is 6. The van der Waals surface area contributed by atoms with Crippen LogP contribution in [0.5, 0.6) is 11.5 Å². The average molecular weight is 287 g/mol. The Balaban J connectivity index is 2.02. The molecule has 4 heteroatoms. The van der Waals surface area contributed by atoms with Crippen molar-refractivity contribution in [3.8, 4) is 11.5 Å². The van der Waals surface area contributed by atoms with E-state index in [2.05, 4.69) is 0 Å². The molecule has 0 N–H and O–H groups in total. The summed E-state index contributed by atoms with van der Waals surface area (Å²) in [6, 6.07) is 15.9. The molecule has 0 aliphatic carbocycles. The fourth-order valence-corrected chi connectivity index (χ4v) is 2.87. The molecule has 0 amide bonds. The van der Waals surface area contributed by atoms with Gasteiger partial charge in [0.05, 0.1) is 0 Å². The Morgan fingerprint density at radius 3 is 1.50 bits per heavy atom. The van der Waals surface area contributed by atoms with Crippen LogP contribution in [0.4, 0.5) is 0 Å². The van der Waals surface area contributed by atoms with Crippen LogP contribution in [-0.4, -0.2) is 22.6 Å². The standard InChI is InChI=1S/C16H19O3Si/c1-13-4-8-15(9-5-13)18-20(12-17-3)19-16-10-6-14(2)7-11-16/h4-11H,12H2,1-3H3. The molecule has 20 heavy (non-hydrogen) atoms. The minimum absolute atomic E-state index is 0.465. The second-order valence-electron chi connectivity index (χ2n) is 4.64. The number of benzene rings is 2. The highest BCUT2D eigenvalue weighted by atomic mass is 28.3. The lowest BCUT2D eigenvalue weighted by atomic mass is 10.2. The fourth-order valence-electron chi connectivity index (χ4n) is 1.67. The Hall–Kier alpha value is -1.78. The van der Waals surface area contributed by atoms with E-state index in [4.69, 9.17) is 13.6 Å². The van der Waals surface area contributed by atoms with Crippen molar-refractivity contribution in [2.24, 2.45) is 0 Å². The van der Waals surface area contributed by atoms with Gasteiger partial charge in [0.15, 0.2) is 0 Å². The molecule has 0 saturated heterocycles. The molecule has 0 saturated carbocycles. The summed E-state index contributed by atoms with van der Waals surface area (Å²) in [5, 5.41) is 0. The molecule has 0 atom stereocenters. The van der Waals surface area contributed by atoms with Crippen LogP contribution in [-0.2, 0) is 4.74 Å². The summed E-state index contributed by atoms with van der Waals surface area (Å²) in [5.41, 5.74) is 2.41. The fraction of sp³-hybridized carbons (Fsp3) is 0.250. The van der Waals surface area contributed by atoms with Gasteiger partial charge in [-0.3, -0.25) is 0 Å². The topological polar surface area (TPSA) is 27.7 Å². The molecule has 0 fully saturated rings. The molecule has 0 aliphatic heterocycles. The Labute approximate surface area is 122 Å². The smallest absolute Gasteiger partial charge is 0.509 e. The third-order valence-corrected chi connectivity index (χ3v) is 4.22. The molecular weight excluding hydrogens is 268 g/mol. The quantitative estimate of drug-likeness (QED) is 0.762. The molecule has 0 heterocycles. The van der Waals surface area contributed by atoms with Crippen LogP contribution in [0.15, 0.2) is 48.5 Å². The second kappa shape index (κ2) is 7.12. The first-order valence-electron chi connectivity index (χ1n) is 6.51. The van der Waals surface area contributed by atoms with Gasteiger partial charge in [-0.1, -0.05) is 35.4 Å². The highest BCUT2D eigenvalue weighted by Gasteiger charge is 2.21. The summed E-state index contributed by atoms with van der Waals surface area (Å²) in [6.07, 6.45) is 0.465. The molecule has 1 radical (unpaired) electrons. The van der Waals surface area contributed by atoms with Gasteiger partial charge in [0.1, 0.15) is 17.7 Å². The Morgan fingerprint density at radius 1 is 0.750 bits per heavy atom. The average Bonchev–Trinajstić information content (AvgIpc) is 2.44. The molecule has 0 bridgehead atoms. The highest BCUT2D eigenvalue weighted by molar-refractivity contribution is 6.46. The molecule has 105 valence electrons. The Kier molecular flexibility index (Phi) is 5.21. The number of hydrogen-bond acceptors (Lipinski definition) is 3. The van der Waals surface area contributed by atoms with Crippen molar-refractivity contribution in [2.75, 3.05) is 13.3 Å². The van der Waals surface area contributed by atoms with Crippen molar-refractivity contribution in [1.82, 2.24) is 0 Å². The minimum Gasteiger partial charge on any atom is -0.509 e. The van der Waals surface area contributed by atoms with Crippen molar-refractivity contribution in [2.45, 2.75) is 13.8 Å². The van der Waals surface area contributed by atoms with Crippen LogP contribution in [0.2, 0.25) is 0 Å². The van der Waals surface area contributed by atoms with Gasteiger partial charge < -0.3 is 13.6 Å². The zero-order valence-corrected chi connectivity index (χ0v) is 13.1. The summed E-state index contributed by atoms with van der Waals surface area (Å²) in [6.45, 7) is 4.10. The van der Waals surface area contributed by atoms with Crippen LogP contribution in [0.25, 0.3) is 0 Å². The maximum Gasteiger partial charge on any atom is 0.561 e. The molecule has 0 spiro atoms. The Bertz CT molecular complexity index is 475. The lowest BCUT2D eigenvalue weighted by molar-refractivity contribution is 0.220. The zero-order chi connectivity index (χ0) is 14.4. The monoisotopic (exact) mass is 287 g/mol. The molecule has 0 aromatic heterocycles. The Morgan fingerprint density at radius 2 is 1.15 bits per heavy atom. The van der Waals surface area contributed by atoms with Gasteiger partial charge in [0, 0.05) is 7.11 Å². The molecule has 2 aromatic rings. The normalized spacial score (nSPS) is 10.6. The van der Waals surface area contributed by atoms with E-state index in [-0.39, 0.29) is 0 Å². The van der Waals surface area contributed by atoms with E-state index in [0.717, 1.165) is 11.5 Å². The first-order valence-corrected chi connectivity index (χ1v) is 8.03. The summed E-state index contributed by atoms with van der Waals surface area (Å²) >= 11 is 0. The van der Waals surface area contributed by atoms with E-state index in [1.165, 1.54) is 11.1 Å². The third-order valence-electron chi connectivity index (χ3n) is 2.77. The van der Waals surface area contributed by atoms with Crippen molar-refractivity contribution in [1.29, 1.82) is 0 Å². The van der Waals surface area contributed by atoms with Crippen LogP contribution < -0.4 is 8.85 Å². The summed E-state index contributed by atoms with van der Waals surface area (Å²) < 4.78 is 17.0. The van der Waals surface area contributed by atoms with E-state index in [1.54, 1.807) is 7.11 Å². The van der Waals surface area contributed by atoms with Gasteiger partial charge in [0.2, 0.25) is 0 Å². The van der Waals surface area contributed by atoms with Gasteiger partial charge in [-0.05, 0) is 38.1 Å². The van der Waals surface area contributed by atoms with E-state index < -0.39 is 9.28 Å². The van der Waals surface area contributed by atoms with E-state index in [1.807, 2.05) is 62.4 Å². The van der Waals surface area contributed by atoms with Gasteiger partial charge in [-0.2, -0.15) is 0 Å². The number of methoxy groups -OCH3 is 1. The summed E-state index contributed by atoms with van der Waals surface area (Å²) in [5.74, 6) is 1.63. The van der Waals surface area contributed by atoms with Gasteiger partial charge in [-0.15, -0.1) is 0 Å². The van der Waals surface area contributed by atoms with Crippen LogP contribution in [0, 0.1) is 13.8 Å². The molecular formula is C16H19O3Si. The maximum atomic E-state index is 5.90. The van der Waals surface area contributed by atoms with Crippen molar-refractivity contribution >= 4 is 9.28 Å². The summed E-state index contributed by atoms with van der Waals surface area (Å²) in [7, 11) is 0.107. The largest absolute Gasteiger partial charge is 0.561 e. The SMILES string of the molecule is COC[Si](Oc1ccc(C)cc1)Oc1ccc(C)cc1.